The molecule has 16 aliphatic rings. The van der Waals surface area contributed by atoms with Crippen LogP contribution in [0, 0.1) is 47.3 Å². The van der Waals surface area contributed by atoms with Crippen molar-refractivity contribution in [2.45, 2.75) is 176 Å². The molecule has 16 aliphatic carbocycles. The van der Waals surface area contributed by atoms with Crippen LogP contribution in [0.4, 0.5) is 0 Å². The molecule has 0 heterocycles. The lowest BCUT2D eigenvalue weighted by atomic mass is 9.65. The van der Waals surface area contributed by atoms with E-state index < -0.39 is 0 Å². The Bertz CT molecular complexity index is 4100. The van der Waals surface area contributed by atoms with Crippen molar-refractivity contribution >= 4 is 32.3 Å². The minimum absolute atomic E-state index is 0.586. The van der Waals surface area contributed by atoms with Gasteiger partial charge in [-0.05, 0) is 367 Å². The summed E-state index contributed by atoms with van der Waals surface area (Å²) in [6, 6.07) is 62.8. The monoisotopic (exact) mass is 1140 g/mol. The van der Waals surface area contributed by atoms with E-state index in [2.05, 4.69) is 158 Å². The summed E-state index contributed by atoms with van der Waals surface area (Å²) in [7, 11) is 0. The van der Waals surface area contributed by atoms with Crippen LogP contribution in [0.25, 0.3) is 99.1 Å². The summed E-state index contributed by atoms with van der Waals surface area (Å²) in [5.41, 5.74) is 33.3. The van der Waals surface area contributed by atoms with Crippen LogP contribution in [-0.2, 0) is 0 Å². The molecule has 88 heavy (non-hydrogen) atoms. The van der Waals surface area contributed by atoms with Gasteiger partial charge in [-0.2, -0.15) is 0 Å². The Morgan fingerprint density at radius 1 is 0.159 bits per heavy atom. The van der Waals surface area contributed by atoms with E-state index in [4.69, 9.17) is 0 Å². The molecule has 0 N–H and O–H groups in total. The summed E-state index contributed by atoms with van der Waals surface area (Å²) in [6.07, 6.45) is 28.2. The van der Waals surface area contributed by atoms with E-state index in [0.29, 0.717) is 47.3 Å². The topological polar surface area (TPSA) is 0 Å². The average Bonchev–Trinajstić information content (AvgIpc) is 1.49. The third-order valence-electron chi connectivity index (χ3n) is 27.9. The first-order valence-corrected chi connectivity index (χ1v) is 36.0. The molecular weight excluding hydrogens is 1060 g/mol. The molecule has 0 amide bonds. The predicted octanol–water partition coefficient (Wildman–Crippen LogP) is 24.1. The molecule has 0 saturated heterocycles. The van der Waals surface area contributed by atoms with Gasteiger partial charge < -0.3 is 0 Å². The summed E-state index contributed by atoms with van der Waals surface area (Å²) in [4.78, 5) is 0. The zero-order valence-electron chi connectivity index (χ0n) is 51.4. The Balaban J connectivity index is 1.05. The summed E-state index contributed by atoms with van der Waals surface area (Å²) in [5.74, 6) is 11.4. The molecule has 26 rings (SSSR count). The van der Waals surface area contributed by atoms with E-state index in [9.17, 15) is 0 Å². The van der Waals surface area contributed by atoms with Crippen LogP contribution in [0.1, 0.15) is 220 Å². The van der Waals surface area contributed by atoms with Gasteiger partial charge in [0.25, 0.3) is 0 Å². The maximum atomic E-state index is 2.59. The van der Waals surface area contributed by atoms with Crippen molar-refractivity contribution in [1.82, 2.24) is 0 Å². The number of benzene rings is 10. The first kappa shape index (κ1) is 50.0. The highest BCUT2D eigenvalue weighted by Crippen LogP contribution is 2.72. The van der Waals surface area contributed by atoms with Gasteiger partial charge in [0, 0.05) is 0 Å². The molecule has 0 aliphatic heterocycles. The molecule has 10 aromatic rings. The van der Waals surface area contributed by atoms with Crippen molar-refractivity contribution in [3.05, 3.63) is 202 Å². The zero-order valence-corrected chi connectivity index (χ0v) is 51.4. The molecule has 0 heteroatoms. The fraction of sp³-hybridized carbons (Fsp3) is 0.409. The summed E-state index contributed by atoms with van der Waals surface area (Å²) in [6.45, 7) is 0. The van der Waals surface area contributed by atoms with Crippen LogP contribution in [0.5, 0.6) is 0 Å². The second kappa shape index (κ2) is 18.5. The zero-order chi connectivity index (χ0) is 56.8. The lowest BCUT2D eigenvalue weighted by molar-refractivity contribution is 0.165. The van der Waals surface area contributed by atoms with E-state index in [-0.39, 0.29) is 0 Å². The van der Waals surface area contributed by atoms with Crippen LogP contribution in [-0.4, -0.2) is 0 Å². The average molecular weight is 1140 g/mol. The maximum Gasteiger partial charge on any atom is -0.00110 e. The molecule has 0 nitrogen and oxygen atoms in total. The van der Waals surface area contributed by atoms with Crippen LogP contribution in [0.3, 0.4) is 0 Å². The fourth-order valence-corrected chi connectivity index (χ4v) is 26.0. The van der Waals surface area contributed by atoms with Crippen molar-refractivity contribution in [3.8, 4) is 66.8 Å². The molecule has 434 valence electrons. The number of hydrogen-bond acceptors (Lipinski definition) is 0. The van der Waals surface area contributed by atoms with Gasteiger partial charge in [0.05, 0.1) is 0 Å². The van der Waals surface area contributed by atoms with Gasteiger partial charge in [-0.3, -0.25) is 0 Å². The number of rotatable bonds is 6. The standard InChI is InChI=1S/C88H82/c1-5-15-55(16-6-1)67-23-13-24-68(56-17-7-2-8-18-56)79(67)83-75-63-39-47-27-48(40-63)32-59(31-47)71(75)81-74-62-37-53-30-54(38-62)46-66(45-53)78(74)86-84(80-69(57-19-9-3-10-20-57)25-14-26-70(80)58-21-11-4-12-22-58)76-64-41-49-28-50(42-64)34-60(33-49)72(76)82-73-61-35-51-29-52(36-61)44-65(43-51)77(73)85(83)87(81)88(82)86/h1-26,47-54,59-66H,27-46H2. The highest BCUT2D eigenvalue weighted by Gasteiger charge is 2.54. The minimum Gasteiger partial charge on any atom is -0.0622 e. The van der Waals surface area contributed by atoms with Crippen LogP contribution >= 0.6 is 0 Å². The SMILES string of the molecule is c1ccc(-c2cccc(-c3ccccc3)c2-c2c3c(c4c5c(c6c(-c7c(-c8ccccc8)cccc7-c7ccccc7)c7c(c8c9c(c2c4c68)C2CC4CC(C2)CC9C4)C2CC4CC(CC7C4)C2)C2CC4CC(C2)CC5C4)C2CC4CC(CC3C4)C2)cc1. The Kier molecular flexibility index (Phi) is 10.5. The fourth-order valence-electron chi connectivity index (χ4n) is 26.0. The minimum atomic E-state index is 0.586. The van der Waals surface area contributed by atoms with E-state index in [1.807, 2.05) is 66.1 Å². The third-order valence-corrected chi connectivity index (χ3v) is 27.9. The molecule has 8 atom stereocenters. The molecule has 0 aromatic heterocycles. The van der Waals surface area contributed by atoms with Crippen LogP contribution < -0.4 is 0 Å². The van der Waals surface area contributed by atoms with Gasteiger partial charge in [-0.15, -0.1) is 0 Å². The van der Waals surface area contributed by atoms with Gasteiger partial charge in [0.1, 0.15) is 0 Å². The Labute approximate surface area is 521 Å². The van der Waals surface area contributed by atoms with E-state index in [1.54, 1.807) is 33.0 Å². The van der Waals surface area contributed by atoms with Crippen LogP contribution in [0.2, 0.25) is 0 Å². The highest BCUT2D eigenvalue weighted by molar-refractivity contribution is 6.35. The Morgan fingerprint density at radius 3 is 0.602 bits per heavy atom. The summed E-state index contributed by atoms with van der Waals surface area (Å²) >= 11 is 0. The van der Waals surface area contributed by atoms with Gasteiger partial charge in [0.15, 0.2) is 0 Å². The molecule has 0 spiro atoms. The van der Waals surface area contributed by atoms with Crippen molar-refractivity contribution in [2.75, 3.05) is 0 Å². The first-order valence-electron chi connectivity index (χ1n) is 36.0. The Hall–Kier alpha value is -6.76. The van der Waals surface area contributed by atoms with Gasteiger partial charge in [-0.1, -0.05) is 158 Å². The summed E-state index contributed by atoms with van der Waals surface area (Å²) < 4.78 is 0. The van der Waals surface area contributed by atoms with Crippen molar-refractivity contribution < 1.29 is 0 Å². The molecule has 8 fully saturated rings. The first-order chi connectivity index (χ1) is 43.6. The largest absolute Gasteiger partial charge is 0.0622 e. The van der Waals surface area contributed by atoms with E-state index in [0.717, 1.165) is 47.3 Å². The van der Waals surface area contributed by atoms with E-state index in [1.165, 1.54) is 173 Å². The molecule has 16 bridgehead atoms. The van der Waals surface area contributed by atoms with E-state index >= 15 is 0 Å². The maximum absolute atomic E-state index is 2.59. The lowest BCUT2D eigenvalue weighted by Gasteiger charge is -2.39. The van der Waals surface area contributed by atoms with Crippen molar-refractivity contribution in [1.29, 1.82) is 0 Å². The molecule has 0 radical (unpaired) electrons. The predicted molar refractivity (Wildman–Crippen MR) is 365 cm³/mol. The molecular formula is C88H82. The van der Waals surface area contributed by atoms with Crippen molar-refractivity contribution in [2.24, 2.45) is 47.3 Å². The molecule has 8 unspecified atom stereocenters. The van der Waals surface area contributed by atoms with Crippen LogP contribution in [0.15, 0.2) is 158 Å². The highest BCUT2D eigenvalue weighted by atomic mass is 14.6. The lowest BCUT2D eigenvalue weighted by Crippen LogP contribution is -2.26. The van der Waals surface area contributed by atoms with Gasteiger partial charge in [0.2, 0.25) is 0 Å². The second-order valence-electron chi connectivity index (χ2n) is 32.4. The molecule has 8 saturated carbocycles. The Morgan fingerprint density at radius 2 is 0.364 bits per heavy atom. The van der Waals surface area contributed by atoms with Gasteiger partial charge in [-0.25, -0.2) is 0 Å². The van der Waals surface area contributed by atoms with Gasteiger partial charge >= 0.3 is 0 Å². The smallest absolute Gasteiger partial charge is 0.00110 e. The second-order valence-corrected chi connectivity index (χ2v) is 32.4. The normalized spacial score (nSPS) is 32.8. The number of hydrogen-bond donors (Lipinski definition) is 0. The van der Waals surface area contributed by atoms with Crippen molar-refractivity contribution in [3.63, 3.8) is 0 Å². The third kappa shape index (κ3) is 6.89. The quantitative estimate of drug-likeness (QED) is 0.146. The summed E-state index contributed by atoms with van der Waals surface area (Å²) in [5, 5.41) is 11.0. The molecule has 10 aromatic carbocycles.